The molecule has 1 heterocycles. The molecule has 94 valence electrons. The van der Waals surface area contributed by atoms with E-state index in [-0.39, 0.29) is 5.97 Å². The van der Waals surface area contributed by atoms with E-state index in [1.165, 1.54) is 30.6 Å². The van der Waals surface area contributed by atoms with Crippen molar-refractivity contribution in [2.45, 2.75) is 44.9 Å². The van der Waals surface area contributed by atoms with Gasteiger partial charge in [-0.15, -0.1) is 11.3 Å². The van der Waals surface area contributed by atoms with Gasteiger partial charge in [0.1, 0.15) is 0 Å². The van der Waals surface area contributed by atoms with E-state index in [0.717, 1.165) is 5.92 Å². The Kier molecular flexibility index (Phi) is 4.60. The smallest absolute Gasteiger partial charge is 0.306 e. The van der Waals surface area contributed by atoms with E-state index in [4.69, 9.17) is 4.74 Å². The maximum Gasteiger partial charge on any atom is 0.306 e. The number of rotatable bonds is 4. The molecule has 1 aliphatic rings. The molecule has 0 N–H and O–H groups in total. The summed E-state index contributed by atoms with van der Waals surface area (Å²) in [6, 6.07) is 4.37. The second-order valence-electron chi connectivity index (χ2n) is 4.74. The zero-order chi connectivity index (χ0) is 12.1. The van der Waals surface area contributed by atoms with E-state index in [9.17, 15) is 4.79 Å². The summed E-state index contributed by atoms with van der Waals surface area (Å²) in [5.41, 5.74) is 0. The highest BCUT2D eigenvalue weighted by atomic mass is 32.1. The van der Waals surface area contributed by atoms with Crippen molar-refractivity contribution >= 4 is 17.3 Å². The van der Waals surface area contributed by atoms with E-state index in [2.05, 4.69) is 17.5 Å². The summed E-state index contributed by atoms with van der Waals surface area (Å²) in [4.78, 5) is 12.9. The molecule has 1 aromatic rings. The molecule has 0 atom stereocenters. The molecule has 2 nitrogen and oxygen atoms in total. The van der Waals surface area contributed by atoms with Crippen molar-refractivity contribution in [1.82, 2.24) is 0 Å². The lowest BCUT2D eigenvalue weighted by Gasteiger charge is -2.27. The van der Waals surface area contributed by atoms with E-state index in [1.54, 1.807) is 0 Å². The number of hydrogen-bond donors (Lipinski definition) is 0. The first-order valence-electron chi connectivity index (χ1n) is 6.48. The normalized spacial score (nSPS) is 24.5. The second kappa shape index (κ2) is 6.20. The highest BCUT2D eigenvalue weighted by Gasteiger charge is 2.24. The maximum atomic E-state index is 11.4. The number of esters is 1. The van der Waals surface area contributed by atoms with E-state index in [1.807, 2.05) is 18.3 Å². The summed E-state index contributed by atoms with van der Waals surface area (Å²) >= 11 is 1.86. The molecular weight excluding hydrogens is 232 g/mol. The monoisotopic (exact) mass is 252 g/mol. The van der Waals surface area contributed by atoms with Crippen molar-refractivity contribution < 1.29 is 9.53 Å². The zero-order valence-electron chi connectivity index (χ0n) is 10.4. The molecule has 0 aliphatic heterocycles. The number of ether oxygens (including phenoxy) is 1. The average molecular weight is 252 g/mol. The van der Waals surface area contributed by atoms with Crippen molar-refractivity contribution in [3.05, 3.63) is 22.4 Å². The maximum absolute atomic E-state index is 11.4. The van der Waals surface area contributed by atoms with Gasteiger partial charge in [-0.25, -0.2) is 0 Å². The third kappa shape index (κ3) is 3.56. The molecule has 17 heavy (non-hydrogen) atoms. The van der Waals surface area contributed by atoms with E-state index >= 15 is 0 Å². The van der Waals surface area contributed by atoms with Crippen molar-refractivity contribution in [3.63, 3.8) is 0 Å². The predicted molar refractivity (Wildman–Crippen MR) is 70.3 cm³/mol. The molecule has 0 aromatic carbocycles. The number of carbonyl (C=O) groups excluding carboxylic acids is 1. The molecule has 1 aliphatic carbocycles. The molecule has 1 saturated carbocycles. The Bertz CT molecular complexity index is 337. The standard InChI is InChI=1S/C14H20O2S/c1-2-16-14(15)10-11-5-7-12(8-6-11)13-4-3-9-17-13/h3-4,9,11-12H,2,5-8,10H2,1H3. The van der Waals surface area contributed by atoms with Crippen LogP contribution >= 0.6 is 11.3 Å². The van der Waals surface area contributed by atoms with Crippen LogP contribution in [0.15, 0.2) is 17.5 Å². The van der Waals surface area contributed by atoms with Crippen molar-refractivity contribution in [2.24, 2.45) is 5.92 Å². The first-order valence-corrected chi connectivity index (χ1v) is 7.36. The fourth-order valence-corrected chi connectivity index (χ4v) is 3.53. The molecule has 0 saturated heterocycles. The third-order valence-corrected chi connectivity index (χ3v) is 4.59. The molecule has 0 radical (unpaired) electrons. The fraction of sp³-hybridized carbons (Fsp3) is 0.643. The highest BCUT2D eigenvalue weighted by molar-refractivity contribution is 7.10. The molecule has 1 fully saturated rings. The van der Waals surface area contributed by atoms with Gasteiger partial charge in [0.15, 0.2) is 0 Å². The highest BCUT2D eigenvalue weighted by Crippen LogP contribution is 2.38. The SMILES string of the molecule is CCOC(=O)CC1CCC(c2cccs2)CC1. The van der Waals surface area contributed by atoms with Crippen molar-refractivity contribution in [2.75, 3.05) is 6.61 Å². The van der Waals surface area contributed by atoms with Crippen LogP contribution in [-0.4, -0.2) is 12.6 Å². The Labute approximate surface area is 107 Å². The molecular formula is C14H20O2S. The van der Waals surface area contributed by atoms with Crippen molar-refractivity contribution in [3.8, 4) is 0 Å². The molecule has 0 amide bonds. The van der Waals surface area contributed by atoms with Gasteiger partial charge >= 0.3 is 5.97 Å². The third-order valence-electron chi connectivity index (χ3n) is 3.55. The fourth-order valence-electron chi connectivity index (χ4n) is 2.63. The topological polar surface area (TPSA) is 26.3 Å². The minimum Gasteiger partial charge on any atom is -0.466 e. The molecule has 1 aromatic heterocycles. The van der Waals surface area contributed by atoms with E-state index < -0.39 is 0 Å². The van der Waals surface area contributed by atoms with Gasteiger partial charge in [0.05, 0.1) is 6.61 Å². The summed E-state index contributed by atoms with van der Waals surface area (Å²) in [7, 11) is 0. The summed E-state index contributed by atoms with van der Waals surface area (Å²) in [5, 5.41) is 2.15. The lowest BCUT2D eigenvalue weighted by atomic mass is 9.80. The Morgan fingerprint density at radius 3 is 2.76 bits per heavy atom. The van der Waals surface area contributed by atoms with Crippen LogP contribution in [0.2, 0.25) is 0 Å². The van der Waals surface area contributed by atoms with Crippen LogP contribution in [0.4, 0.5) is 0 Å². The van der Waals surface area contributed by atoms with Crippen LogP contribution in [0.1, 0.15) is 49.8 Å². The van der Waals surface area contributed by atoms with Gasteiger partial charge in [-0.05, 0) is 55.9 Å². The van der Waals surface area contributed by atoms with Crippen LogP contribution in [0.3, 0.4) is 0 Å². The van der Waals surface area contributed by atoms with Crippen LogP contribution in [0, 0.1) is 5.92 Å². The Morgan fingerprint density at radius 1 is 1.41 bits per heavy atom. The quantitative estimate of drug-likeness (QED) is 0.758. The Balaban J connectivity index is 1.76. The van der Waals surface area contributed by atoms with Gasteiger partial charge in [-0.1, -0.05) is 6.07 Å². The van der Waals surface area contributed by atoms with Crippen LogP contribution < -0.4 is 0 Å². The minimum atomic E-state index is -0.0212. The molecule has 2 rings (SSSR count). The van der Waals surface area contributed by atoms with Gasteiger partial charge in [0, 0.05) is 11.3 Å². The van der Waals surface area contributed by atoms with Gasteiger partial charge < -0.3 is 4.74 Å². The minimum absolute atomic E-state index is 0.0212. The van der Waals surface area contributed by atoms with Crippen molar-refractivity contribution in [1.29, 1.82) is 0 Å². The Morgan fingerprint density at radius 2 is 2.18 bits per heavy atom. The molecule has 0 bridgehead atoms. The van der Waals surface area contributed by atoms with Crippen LogP contribution in [-0.2, 0) is 9.53 Å². The Hall–Kier alpha value is -0.830. The summed E-state index contributed by atoms with van der Waals surface area (Å²) in [5.74, 6) is 1.26. The van der Waals surface area contributed by atoms with Gasteiger partial charge in [0.25, 0.3) is 0 Å². The van der Waals surface area contributed by atoms with E-state index in [0.29, 0.717) is 18.9 Å². The second-order valence-corrected chi connectivity index (χ2v) is 5.72. The first-order chi connectivity index (χ1) is 8.29. The molecule has 0 spiro atoms. The number of carbonyl (C=O) groups is 1. The summed E-state index contributed by atoms with van der Waals surface area (Å²) in [6.45, 7) is 2.37. The summed E-state index contributed by atoms with van der Waals surface area (Å²) < 4.78 is 5.01. The van der Waals surface area contributed by atoms with Crippen LogP contribution in [0.25, 0.3) is 0 Å². The van der Waals surface area contributed by atoms with Gasteiger partial charge in [0.2, 0.25) is 0 Å². The van der Waals surface area contributed by atoms with Gasteiger partial charge in [-0.2, -0.15) is 0 Å². The largest absolute Gasteiger partial charge is 0.466 e. The van der Waals surface area contributed by atoms with Gasteiger partial charge in [-0.3, -0.25) is 4.79 Å². The zero-order valence-corrected chi connectivity index (χ0v) is 11.2. The average Bonchev–Trinajstić information content (AvgIpc) is 2.84. The lowest BCUT2D eigenvalue weighted by molar-refractivity contribution is -0.144. The summed E-state index contributed by atoms with van der Waals surface area (Å²) in [6.07, 6.45) is 5.41. The first kappa shape index (κ1) is 12.6. The molecule has 3 heteroatoms. The number of thiophene rings is 1. The van der Waals surface area contributed by atoms with Crippen LogP contribution in [0.5, 0.6) is 0 Å². The molecule has 0 unspecified atom stereocenters. The number of hydrogen-bond acceptors (Lipinski definition) is 3. The lowest BCUT2D eigenvalue weighted by Crippen LogP contribution is -2.17. The predicted octanol–water partition coefficient (Wildman–Crippen LogP) is 3.98.